The van der Waals surface area contributed by atoms with Crippen LogP contribution in [0.1, 0.15) is 232 Å². The topological polar surface area (TPSA) is 108 Å². The van der Waals surface area contributed by atoms with Crippen LogP contribution in [0.5, 0.6) is 0 Å². The van der Waals surface area contributed by atoms with Crippen LogP contribution in [0.4, 0.5) is 0 Å². The number of nitrogens with zero attached hydrogens (tertiary/aromatic N) is 1. The standard InChI is InChI=1S/C61H109N2O6P/c1-6-8-10-12-14-16-18-20-22-24-25-26-27-28-29-30-31-32-33-34-35-36-37-39-40-42-44-46-48-50-52-54-60(64)59(58-69-70(66,67)68-57-56-63(3,4)5)62-61(65)55-53-51-49-47-45-43-41-38-23-21-19-17-15-13-11-9-7-2/h9,11,15,17,21,23,37,39,41,43-44,46-47,49,52,54,59-60,64H,6-8,10,12-14,16,18-20,22,24-36,38,40,42,45,48,50-51,53,55-58H2,1-5H3,(H-,62,65,66,67)/b11-9-,17-15-,23-21-,39-37+,43-41-,46-44+,49-47-,54-52+. The molecule has 3 atom stereocenters. The molecule has 3 unspecified atom stereocenters. The van der Waals surface area contributed by atoms with E-state index in [4.69, 9.17) is 9.05 Å². The minimum atomic E-state index is -4.63. The Balaban J connectivity index is 4.30. The van der Waals surface area contributed by atoms with Crippen LogP contribution in [0.3, 0.4) is 0 Å². The molecule has 404 valence electrons. The first-order chi connectivity index (χ1) is 34.0. The Morgan fingerprint density at radius 3 is 1.33 bits per heavy atom. The lowest BCUT2D eigenvalue weighted by Crippen LogP contribution is -2.45. The van der Waals surface area contributed by atoms with Crippen LogP contribution in [0.15, 0.2) is 97.2 Å². The third-order valence-electron chi connectivity index (χ3n) is 12.3. The summed E-state index contributed by atoms with van der Waals surface area (Å²) in [6, 6.07) is -0.947. The number of carbonyl (C=O) groups excluding carboxylic acids is 1. The Kier molecular flexibility index (Phi) is 49.4. The van der Waals surface area contributed by atoms with Crippen molar-refractivity contribution in [2.24, 2.45) is 0 Å². The molecule has 8 nitrogen and oxygen atoms in total. The number of phosphoric acid groups is 1. The van der Waals surface area contributed by atoms with Crippen molar-refractivity contribution in [1.82, 2.24) is 5.32 Å². The number of carbonyl (C=O) groups is 1. The normalized spacial score (nSPS) is 14.7. The number of rotatable bonds is 51. The number of quaternary nitrogens is 1. The molecule has 0 rings (SSSR count). The van der Waals surface area contributed by atoms with E-state index < -0.39 is 26.6 Å². The number of aliphatic hydroxyl groups excluding tert-OH is 1. The average molecular weight is 998 g/mol. The van der Waals surface area contributed by atoms with Gasteiger partial charge in [-0.2, -0.15) is 0 Å². The number of likely N-dealkylation sites (N-methyl/N-ethyl adjacent to an activating group) is 1. The Morgan fingerprint density at radius 1 is 0.514 bits per heavy atom. The molecular weight excluding hydrogens is 888 g/mol. The van der Waals surface area contributed by atoms with Gasteiger partial charge in [-0.05, 0) is 83.5 Å². The van der Waals surface area contributed by atoms with Gasteiger partial charge in [0.15, 0.2) is 0 Å². The first kappa shape index (κ1) is 67.4. The number of amides is 1. The van der Waals surface area contributed by atoms with Crippen LogP contribution in [0.2, 0.25) is 0 Å². The van der Waals surface area contributed by atoms with E-state index in [1.807, 2.05) is 27.2 Å². The molecule has 0 radical (unpaired) electrons. The van der Waals surface area contributed by atoms with Crippen LogP contribution in [0, 0.1) is 0 Å². The molecule has 1 amide bonds. The summed E-state index contributed by atoms with van der Waals surface area (Å²) in [5.41, 5.74) is 0. The van der Waals surface area contributed by atoms with Gasteiger partial charge in [0.25, 0.3) is 7.82 Å². The predicted molar refractivity (Wildman–Crippen MR) is 302 cm³/mol. The molecule has 0 heterocycles. The predicted octanol–water partition coefficient (Wildman–Crippen LogP) is 16.8. The van der Waals surface area contributed by atoms with E-state index in [1.165, 1.54) is 141 Å². The van der Waals surface area contributed by atoms with Crippen LogP contribution in [-0.4, -0.2) is 68.5 Å². The molecule has 0 saturated carbocycles. The first-order valence-electron chi connectivity index (χ1n) is 28.6. The third-order valence-corrected chi connectivity index (χ3v) is 13.2. The van der Waals surface area contributed by atoms with Crippen LogP contribution in [-0.2, 0) is 18.4 Å². The highest BCUT2D eigenvalue weighted by molar-refractivity contribution is 7.45. The minimum absolute atomic E-state index is 0.0248. The number of aliphatic hydroxyl groups is 1. The molecule has 0 aromatic heterocycles. The van der Waals surface area contributed by atoms with Gasteiger partial charge in [0.05, 0.1) is 39.9 Å². The molecule has 0 spiro atoms. The van der Waals surface area contributed by atoms with Crippen molar-refractivity contribution in [3.63, 3.8) is 0 Å². The van der Waals surface area contributed by atoms with Crippen LogP contribution >= 0.6 is 7.82 Å². The van der Waals surface area contributed by atoms with Gasteiger partial charge in [-0.1, -0.05) is 239 Å². The van der Waals surface area contributed by atoms with Crippen LogP contribution < -0.4 is 10.2 Å². The second-order valence-electron chi connectivity index (χ2n) is 20.2. The maximum atomic E-state index is 12.9. The van der Waals surface area contributed by atoms with Crippen molar-refractivity contribution in [3.8, 4) is 0 Å². The Hall–Kier alpha value is -2.58. The van der Waals surface area contributed by atoms with E-state index in [9.17, 15) is 19.4 Å². The lowest BCUT2D eigenvalue weighted by molar-refractivity contribution is -0.870. The number of unbranched alkanes of at least 4 members (excludes halogenated alkanes) is 24. The number of hydrogen-bond acceptors (Lipinski definition) is 6. The number of hydrogen-bond donors (Lipinski definition) is 2. The molecule has 0 saturated heterocycles. The zero-order valence-electron chi connectivity index (χ0n) is 45.9. The summed E-state index contributed by atoms with van der Waals surface area (Å²) in [5, 5.41) is 13.8. The second-order valence-corrected chi connectivity index (χ2v) is 21.7. The zero-order valence-corrected chi connectivity index (χ0v) is 46.8. The van der Waals surface area contributed by atoms with Crippen molar-refractivity contribution >= 4 is 13.7 Å². The molecule has 0 aromatic carbocycles. The maximum Gasteiger partial charge on any atom is 0.268 e. The summed E-state index contributed by atoms with van der Waals surface area (Å²) in [4.78, 5) is 25.4. The average Bonchev–Trinajstić information content (AvgIpc) is 3.32. The Labute approximate surface area is 432 Å². The van der Waals surface area contributed by atoms with Crippen molar-refractivity contribution in [2.45, 2.75) is 244 Å². The largest absolute Gasteiger partial charge is 0.756 e. The van der Waals surface area contributed by atoms with E-state index in [0.717, 1.165) is 57.8 Å². The fraction of sp³-hybridized carbons (Fsp3) is 0.721. The lowest BCUT2D eigenvalue weighted by Gasteiger charge is -2.29. The highest BCUT2D eigenvalue weighted by Crippen LogP contribution is 2.38. The second kappa shape index (κ2) is 51.3. The van der Waals surface area contributed by atoms with E-state index in [0.29, 0.717) is 23.9 Å². The number of allylic oxidation sites excluding steroid dienone is 15. The highest BCUT2D eigenvalue weighted by Gasteiger charge is 2.23. The van der Waals surface area contributed by atoms with E-state index in [1.54, 1.807) is 6.08 Å². The van der Waals surface area contributed by atoms with Gasteiger partial charge in [-0.3, -0.25) is 9.36 Å². The number of nitrogens with one attached hydrogen (secondary N) is 1. The van der Waals surface area contributed by atoms with Gasteiger partial charge in [0.1, 0.15) is 13.2 Å². The van der Waals surface area contributed by atoms with Crippen molar-refractivity contribution in [2.75, 3.05) is 40.9 Å². The summed E-state index contributed by atoms with van der Waals surface area (Å²) in [7, 11) is 1.19. The van der Waals surface area contributed by atoms with Gasteiger partial charge < -0.3 is 28.8 Å². The van der Waals surface area contributed by atoms with Crippen molar-refractivity contribution in [3.05, 3.63) is 97.2 Å². The quantitative estimate of drug-likeness (QED) is 0.0272. The fourth-order valence-electron chi connectivity index (χ4n) is 7.81. The van der Waals surface area contributed by atoms with Crippen molar-refractivity contribution < 1.29 is 32.9 Å². The number of phosphoric ester groups is 1. The van der Waals surface area contributed by atoms with Gasteiger partial charge in [0, 0.05) is 6.42 Å². The minimum Gasteiger partial charge on any atom is -0.756 e. The zero-order chi connectivity index (χ0) is 51.3. The molecule has 0 aliphatic heterocycles. The summed E-state index contributed by atoms with van der Waals surface area (Å²) in [6.07, 6.45) is 73.8. The third kappa shape index (κ3) is 53.2. The van der Waals surface area contributed by atoms with E-state index >= 15 is 0 Å². The van der Waals surface area contributed by atoms with Gasteiger partial charge in [0.2, 0.25) is 5.91 Å². The highest BCUT2D eigenvalue weighted by atomic mass is 31.2. The molecule has 70 heavy (non-hydrogen) atoms. The maximum absolute atomic E-state index is 12.9. The summed E-state index contributed by atoms with van der Waals surface area (Å²) in [5.74, 6) is -0.270. The molecular formula is C61H109N2O6P. The molecule has 9 heteroatoms. The van der Waals surface area contributed by atoms with Crippen LogP contribution in [0.25, 0.3) is 0 Å². The van der Waals surface area contributed by atoms with Gasteiger partial charge in [-0.15, -0.1) is 0 Å². The molecule has 0 aromatic rings. The molecule has 0 aliphatic carbocycles. The van der Waals surface area contributed by atoms with E-state index in [2.05, 4.69) is 104 Å². The summed E-state index contributed by atoms with van der Waals surface area (Å²) >= 11 is 0. The fourth-order valence-corrected chi connectivity index (χ4v) is 8.53. The van der Waals surface area contributed by atoms with Crippen molar-refractivity contribution in [1.29, 1.82) is 0 Å². The molecule has 0 fully saturated rings. The smallest absolute Gasteiger partial charge is 0.268 e. The molecule has 2 N–H and O–H groups in total. The first-order valence-corrected chi connectivity index (χ1v) is 30.1. The Bertz CT molecular complexity index is 1460. The lowest BCUT2D eigenvalue weighted by atomic mass is 10.0. The SMILES string of the molecule is CC/C=C\C/C=C\C/C=C\C/C=C\C/C=C\CCCC(=O)NC(COP(=O)([O-])OCC[N+](C)(C)C)C(O)/C=C/CC/C=C/CC/C=C/CCCCCCCCCCCCCCCCCCCCCCC. The summed E-state index contributed by atoms with van der Waals surface area (Å²) in [6.45, 7) is 4.46. The molecule has 0 bridgehead atoms. The van der Waals surface area contributed by atoms with E-state index in [-0.39, 0.29) is 18.9 Å². The monoisotopic (exact) mass is 997 g/mol. The van der Waals surface area contributed by atoms with Gasteiger partial charge in [-0.25, -0.2) is 0 Å². The Morgan fingerprint density at radius 2 is 0.886 bits per heavy atom. The summed E-state index contributed by atoms with van der Waals surface area (Å²) < 4.78 is 23.3. The molecule has 0 aliphatic rings. The van der Waals surface area contributed by atoms with Gasteiger partial charge >= 0.3 is 0 Å².